The maximum atomic E-state index is 12.2. The summed E-state index contributed by atoms with van der Waals surface area (Å²) in [6.07, 6.45) is 0. The second-order valence-electron chi connectivity index (χ2n) is 5.37. The molecule has 114 valence electrons. The lowest BCUT2D eigenvalue weighted by Crippen LogP contribution is -2.36. The minimum Gasteiger partial charge on any atom is -0.333 e. The minimum absolute atomic E-state index is 0.403. The molecule has 2 aromatic carbocycles. The highest BCUT2D eigenvalue weighted by Crippen LogP contribution is 2.19. The van der Waals surface area contributed by atoms with Gasteiger partial charge in [0.15, 0.2) is 0 Å². The van der Waals surface area contributed by atoms with Crippen LogP contribution in [-0.2, 0) is 16.1 Å². The van der Waals surface area contributed by atoms with E-state index >= 15 is 0 Å². The van der Waals surface area contributed by atoms with E-state index in [1.807, 2.05) is 62.4 Å². The number of carbonyl (C=O) groups excluding carboxylic acids is 2. The molecule has 0 heterocycles. The Kier molecular flexibility index (Phi) is 4.94. The highest BCUT2D eigenvalue weighted by atomic mass is 16.2. The van der Waals surface area contributed by atoms with Crippen molar-refractivity contribution in [2.75, 3.05) is 12.4 Å². The van der Waals surface area contributed by atoms with Crippen molar-refractivity contribution in [1.82, 2.24) is 4.90 Å². The van der Waals surface area contributed by atoms with Crippen LogP contribution in [0.25, 0.3) is 0 Å². The molecule has 0 spiro atoms. The van der Waals surface area contributed by atoms with Gasteiger partial charge in [0.05, 0.1) is 0 Å². The molecule has 22 heavy (non-hydrogen) atoms. The summed E-state index contributed by atoms with van der Waals surface area (Å²) in [5.74, 6) is -1.16. The first-order valence-electron chi connectivity index (χ1n) is 7.15. The maximum absolute atomic E-state index is 12.2. The zero-order valence-corrected chi connectivity index (χ0v) is 13.1. The number of hydrogen-bond acceptors (Lipinski definition) is 2. The van der Waals surface area contributed by atoms with Gasteiger partial charge in [-0.25, -0.2) is 0 Å². The highest BCUT2D eigenvalue weighted by Gasteiger charge is 2.20. The van der Waals surface area contributed by atoms with Crippen molar-refractivity contribution < 1.29 is 9.59 Å². The van der Waals surface area contributed by atoms with E-state index in [0.29, 0.717) is 12.2 Å². The summed E-state index contributed by atoms with van der Waals surface area (Å²) in [5.41, 5.74) is 3.56. The Balaban J connectivity index is 2.04. The number of nitrogens with zero attached hydrogens (tertiary/aromatic N) is 1. The second kappa shape index (κ2) is 6.89. The fourth-order valence-electron chi connectivity index (χ4n) is 2.28. The van der Waals surface area contributed by atoms with Crippen LogP contribution in [0.2, 0.25) is 0 Å². The van der Waals surface area contributed by atoms with Gasteiger partial charge in [-0.05, 0) is 30.5 Å². The molecule has 2 rings (SSSR count). The van der Waals surface area contributed by atoms with E-state index in [-0.39, 0.29) is 0 Å². The largest absolute Gasteiger partial charge is 0.333 e. The van der Waals surface area contributed by atoms with E-state index in [2.05, 4.69) is 5.32 Å². The summed E-state index contributed by atoms with van der Waals surface area (Å²) in [7, 11) is 1.62. The summed E-state index contributed by atoms with van der Waals surface area (Å²) < 4.78 is 0. The van der Waals surface area contributed by atoms with E-state index in [1.54, 1.807) is 7.05 Å². The van der Waals surface area contributed by atoms with Crippen molar-refractivity contribution in [2.45, 2.75) is 20.4 Å². The van der Waals surface area contributed by atoms with Crippen molar-refractivity contribution in [2.24, 2.45) is 0 Å². The van der Waals surface area contributed by atoms with Crippen molar-refractivity contribution in [3.63, 3.8) is 0 Å². The monoisotopic (exact) mass is 296 g/mol. The molecule has 0 fully saturated rings. The summed E-state index contributed by atoms with van der Waals surface area (Å²) in [6, 6.07) is 15.3. The predicted octanol–water partition coefficient (Wildman–Crippen LogP) is 2.90. The Morgan fingerprint density at radius 3 is 2.14 bits per heavy atom. The molecule has 0 atom stereocenters. The third kappa shape index (κ3) is 3.73. The first-order chi connectivity index (χ1) is 10.5. The van der Waals surface area contributed by atoms with Crippen LogP contribution in [0, 0.1) is 13.8 Å². The van der Waals surface area contributed by atoms with Gasteiger partial charge in [0.1, 0.15) is 0 Å². The van der Waals surface area contributed by atoms with Crippen molar-refractivity contribution in [1.29, 1.82) is 0 Å². The fourth-order valence-corrected chi connectivity index (χ4v) is 2.28. The summed E-state index contributed by atoms with van der Waals surface area (Å²) in [6.45, 7) is 4.21. The number of likely N-dealkylation sites (N-methyl/N-ethyl adjacent to an activating group) is 1. The lowest BCUT2D eigenvalue weighted by molar-refractivity contribution is -0.142. The van der Waals surface area contributed by atoms with Gasteiger partial charge >= 0.3 is 11.8 Å². The lowest BCUT2D eigenvalue weighted by Gasteiger charge is -2.18. The van der Waals surface area contributed by atoms with Crippen LogP contribution in [0.4, 0.5) is 5.69 Å². The molecule has 0 radical (unpaired) electrons. The summed E-state index contributed by atoms with van der Waals surface area (Å²) >= 11 is 0. The number of nitrogens with one attached hydrogen (secondary N) is 1. The van der Waals surface area contributed by atoms with E-state index in [9.17, 15) is 9.59 Å². The Morgan fingerprint density at radius 1 is 0.955 bits per heavy atom. The Labute approximate surface area is 130 Å². The molecule has 0 aliphatic rings. The number of amides is 2. The zero-order chi connectivity index (χ0) is 16.1. The van der Waals surface area contributed by atoms with Crippen molar-refractivity contribution in [3.8, 4) is 0 Å². The molecule has 0 bridgehead atoms. The topological polar surface area (TPSA) is 49.4 Å². The van der Waals surface area contributed by atoms with Crippen LogP contribution in [0.3, 0.4) is 0 Å². The number of para-hydroxylation sites is 1. The zero-order valence-electron chi connectivity index (χ0n) is 13.1. The number of aryl methyl sites for hydroxylation is 2. The Hall–Kier alpha value is -2.62. The van der Waals surface area contributed by atoms with E-state index in [4.69, 9.17) is 0 Å². The first kappa shape index (κ1) is 15.8. The van der Waals surface area contributed by atoms with Crippen LogP contribution in [0.15, 0.2) is 48.5 Å². The van der Waals surface area contributed by atoms with Crippen LogP contribution in [-0.4, -0.2) is 23.8 Å². The molecule has 0 unspecified atom stereocenters. The summed E-state index contributed by atoms with van der Waals surface area (Å²) in [4.78, 5) is 25.7. The number of benzene rings is 2. The van der Waals surface area contributed by atoms with Crippen LogP contribution in [0.5, 0.6) is 0 Å². The fraction of sp³-hybridized carbons (Fsp3) is 0.222. The Bertz CT molecular complexity index is 660. The van der Waals surface area contributed by atoms with Gasteiger partial charge in [-0.3, -0.25) is 9.59 Å². The quantitative estimate of drug-likeness (QED) is 0.885. The van der Waals surface area contributed by atoms with Crippen molar-refractivity contribution in [3.05, 3.63) is 65.2 Å². The lowest BCUT2D eigenvalue weighted by atomic mass is 10.1. The molecule has 0 saturated heterocycles. The summed E-state index contributed by atoms with van der Waals surface area (Å²) in [5, 5.41) is 2.71. The number of rotatable bonds is 3. The first-order valence-corrected chi connectivity index (χ1v) is 7.15. The number of carbonyl (C=O) groups is 2. The molecule has 2 amide bonds. The molecule has 1 N–H and O–H groups in total. The molecule has 0 aromatic heterocycles. The van der Waals surface area contributed by atoms with Crippen LogP contribution in [0.1, 0.15) is 16.7 Å². The molecule has 2 aromatic rings. The SMILES string of the molecule is Cc1cccc(C)c1NC(=O)C(=O)N(C)Cc1ccccc1. The van der Waals surface area contributed by atoms with Gasteiger partial charge in [0, 0.05) is 19.3 Å². The maximum Gasteiger partial charge on any atom is 0.313 e. The average molecular weight is 296 g/mol. The molecule has 0 aliphatic carbocycles. The molecule has 0 saturated carbocycles. The van der Waals surface area contributed by atoms with Crippen molar-refractivity contribution >= 4 is 17.5 Å². The van der Waals surface area contributed by atoms with Gasteiger partial charge in [-0.15, -0.1) is 0 Å². The van der Waals surface area contributed by atoms with Gasteiger partial charge in [0.25, 0.3) is 0 Å². The van der Waals surface area contributed by atoms with Gasteiger partial charge in [0.2, 0.25) is 0 Å². The number of anilines is 1. The molecule has 0 aliphatic heterocycles. The predicted molar refractivity (Wildman–Crippen MR) is 87.5 cm³/mol. The van der Waals surface area contributed by atoms with Gasteiger partial charge in [-0.1, -0.05) is 48.5 Å². The Morgan fingerprint density at radius 2 is 1.55 bits per heavy atom. The minimum atomic E-state index is -0.615. The van der Waals surface area contributed by atoms with E-state index in [0.717, 1.165) is 16.7 Å². The molecule has 4 nitrogen and oxygen atoms in total. The second-order valence-corrected chi connectivity index (χ2v) is 5.37. The molecular weight excluding hydrogens is 276 g/mol. The standard InChI is InChI=1S/C18H20N2O2/c1-13-8-7-9-14(2)16(13)19-17(21)18(22)20(3)12-15-10-5-4-6-11-15/h4-11H,12H2,1-3H3,(H,19,21). The normalized spacial score (nSPS) is 10.1. The third-order valence-electron chi connectivity index (χ3n) is 3.52. The molecule has 4 heteroatoms. The van der Waals surface area contributed by atoms with E-state index in [1.165, 1.54) is 4.90 Å². The smallest absolute Gasteiger partial charge is 0.313 e. The van der Waals surface area contributed by atoms with Crippen LogP contribution < -0.4 is 5.32 Å². The van der Waals surface area contributed by atoms with E-state index < -0.39 is 11.8 Å². The third-order valence-corrected chi connectivity index (χ3v) is 3.52. The van der Waals surface area contributed by atoms with Gasteiger partial charge in [-0.2, -0.15) is 0 Å². The van der Waals surface area contributed by atoms with Gasteiger partial charge < -0.3 is 10.2 Å². The number of hydrogen-bond donors (Lipinski definition) is 1. The average Bonchev–Trinajstić information content (AvgIpc) is 2.51. The molecular formula is C18H20N2O2. The highest BCUT2D eigenvalue weighted by molar-refractivity contribution is 6.39. The van der Waals surface area contributed by atoms with Crippen LogP contribution >= 0.6 is 0 Å².